The highest BCUT2D eigenvalue weighted by Gasteiger charge is 1.58. The zero-order valence-corrected chi connectivity index (χ0v) is 20.5. The third kappa shape index (κ3) is 113. The molecule has 0 unspecified atom stereocenters. The van der Waals surface area contributed by atoms with E-state index in [2.05, 4.69) is 13.8 Å². The van der Waals surface area contributed by atoms with Crippen LogP contribution in [-0.4, -0.2) is 24.4 Å². The van der Waals surface area contributed by atoms with E-state index in [1.807, 2.05) is 128 Å². The van der Waals surface area contributed by atoms with Crippen LogP contribution in [0.4, 0.5) is 0 Å². The van der Waals surface area contributed by atoms with E-state index in [4.69, 9.17) is 10.2 Å². The van der Waals surface area contributed by atoms with Crippen LogP contribution >= 0.6 is 0 Å². The molecule has 0 spiro atoms. The average molecular weight is 385 g/mol. The molecule has 0 aliphatic carbocycles. The van der Waals surface area contributed by atoms with Gasteiger partial charge in [-0.1, -0.05) is 148 Å². The predicted octanol–water partition coefficient (Wildman–Crippen LogP) is 8.11. The van der Waals surface area contributed by atoms with Gasteiger partial charge in [-0.2, -0.15) is 0 Å². The molecule has 0 aliphatic heterocycles. The van der Waals surface area contributed by atoms with E-state index in [1.54, 1.807) is 0 Å². The molecule has 0 fully saturated rings. The number of hydrogen-bond acceptors (Lipinski definition) is 2. The monoisotopic (exact) mass is 384 g/mol. The van der Waals surface area contributed by atoms with E-state index >= 15 is 0 Å². The minimum atomic E-state index is 1.00. The number of aliphatic hydroxyl groups is 2. The second kappa shape index (κ2) is 103. The molecular weight excluding hydrogens is 332 g/mol. The van der Waals surface area contributed by atoms with Crippen molar-refractivity contribution in [3.8, 4) is 0 Å². The first kappa shape index (κ1) is 44.6. The normalized spacial score (nSPS) is 5.56. The van der Waals surface area contributed by atoms with Crippen LogP contribution in [0.3, 0.4) is 0 Å². The van der Waals surface area contributed by atoms with E-state index in [0.717, 1.165) is 14.2 Å². The third-order valence-corrected chi connectivity index (χ3v) is 1.33. The molecule has 0 amide bonds. The molecule has 0 aliphatic rings. The molecule has 164 valence electrons. The first-order chi connectivity index (χ1) is 13.4. The molecule has 0 aromatic heterocycles. The Morgan fingerprint density at radius 1 is 0.333 bits per heavy atom. The second-order valence-electron chi connectivity index (χ2n) is 3.02. The summed E-state index contributed by atoms with van der Waals surface area (Å²) < 4.78 is 0. The maximum Gasteiger partial charge on any atom is 0.0319 e. The van der Waals surface area contributed by atoms with Gasteiger partial charge in [-0.15, -0.1) is 0 Å². The topological polar surface area (TPSA) is 40.5 Å². The highest BCUT2D eigenvalue weighted by Crippen LogP contribution is 1.80. The van der Waals surface area contributed by atoms with E-state index in [-0.39, 0.29) is 0 Å². The van der Waals surface area contributed by atoms with Gasteiger partial charge >= 0.3 is 0 Å². The summed E-state index contributed by atoms with van der Waals surface area (Å²) in [6.45, 7) is 20.2. The molecular formula is C25H52O2. The van der Waals surface area contributed by atoms with E-state index < -0.39 is 0 Å². The van der Waals surface area contributed by atoms with Gasteiger partial charge < -0.3 is 10.2 Å². The van der Waals surface area contributed by atoms with Crippen molar-refractivity contribution < 1.29 is 10.2 Å². The number of benzene rings is 2. The molecule has 2 rings (SSSR count). The summed E-state index contributed by atoms with van der Waals surface area (Å²) in [5.74, 6) is 0. The highest BCUT2D eigenvalue weighted by atomic mass is 16.2. The fraction of sp³-hybridized carbons (Fsp3) is 0.520. The van der Waals surface area contributed by atoms with Gasteiger partial charge in [-0.05, 0) is 0 Å². The third-order valence-electron chi connectivity index (χ3n) is 1.33. The van der Waals surface area contributed by atoms with Crippen LogP contribution in [0.25, 0.3) is 0 Å². The van der Waals surface area contributed by atoms with Crippen molar-refractivity contribution in [1.29, 1.82) is 0 Å². The Kier molecular flexibility index (Phi) is 170. The summed E-state index contributed by atoms with van der Waals surface area (Å²) in [4.78, 5) is 0. The van der Waals surface area contributed by atoms with Gasteiger partial charge in [-0.3, -0.25) is 0 Å². The minimum Gasteiger partial charge on any atom is -0.400 e. The zero-order valence-electron chi connectivity index (χ0n) is 20.5. The summed E-state index contributed by atoms with van der Waals surface area (Å²) in [5.41, 5.74) is 0. The molecule has 2 N–H and O–H groups in total. The van der Waals surface area contributed by atoms with Crippen LogP contribution in [-0.2, 0) is 0 Å². The van der Waals surface area contributed by atoms with Gasteiger partial charge in [-0.25, -0.2) is 0 Å². The largest absolute Gasteiger partial charge is 0.400 e. The minimum absolute atomic E-state index is 1.00. The van der Waals surface area contributed by atoms with Crippen LogP contribution in [0.5, 0.6) is 0 Å². The van der Waals surface area contributed by atoms with Gasteiger partial charge in [0, 0.05) is 14.2 Å². The molecule has 0 saturated carbocycles. The highest BCUT2D eigenvalue weighted by molar-refractivity contribution is 4.99. The standard InChI is InChI=1S/2C6H6.C3H8.4C2H6.2CH4O/c2*1-2-4-6-5-3-1;1-3-2;6*1-2/h2*1-6H;3H2,1-2H3;4*1-2H3;2*2H,1H3. The van der Waals surface area contributed by atoms with Gasteiger partial charge in [0.25, 0.3) is 0 Å². The van der Waals surface area contributed by atoms with Crippen molar-refractivity contribution in [3.05, 3.63) is 72.8 Å². The summed E-state index contributed by atoms with van der Waals surface area (Å²) in [6, 6.07) is 24.0. The predicted molar refractivity (Wildman–Crippen MR) is 131 cm³/mol. The molecule has 0 atom stereocenters. The van der Waals surface area contributed by atoms with Crippen LogP contribution < -0.4 is 0 Å². The number of hydrogen-bond donors (Lipinski definition) is 2. The lowest BCUT2D eigenvalue weighted by molar-refractivity contribution is 0.399. The molecule has 2 heteroatoms. The zero-order chi connectivity index (χ0) is 23.2. The fourth-order valence-electron chi connectivity index (χ4n) is 0.770. The number of aliphatic hydroxyl groups excluding tert-OH is 2. The van der Waals surface area contributed by atoms with Crippen molar-refractivity contribution in [2.45, 2.75) is 75.7 Å². The lowest BCUT2D eigenvalue weighted by Gasteiger charge is -1.69. The molecule has 2 aromatic carbocycles. The Hall–Kier alpha value is -1.64. The SMILES string of the molecule is CC.CC.CC.CC.CCC.CO.CO.c1ccccc1.c1ccccc1. The first-order valence-corrected chi connectivity index (χ1v) is 10.3. The molecule has 0 bridgehead atoms. The lowest BCUT2D eigenvalue weighted by atomic mass is 10.4. The van der Waals surface area contributed by atoms with E-state index in [0.29, 0.717) is 0 Å². The fourth-order valence-corrected chi connectivity index (χ4v) is 0.770. The first-order valence-electron chi connectivity index (χ1n) is 10.3. The molecule has 0 saturated heterocycles. The molecule has 27 heavy (non-hydrogen) atoms. The summed E-state index contributed by atoms with van der Waals surface area (Å²) in [5, 5.41) is 14.0. The summed E-state index contributed by atoms with van der Waals surface area (Å²) >= 11 is 0. The van der Waals surface area contributed by atoms with Crippen molar-refractivity contribution in [2.75, 3.05) is 14.2 Å². The maximum absolute atomic E-state index is 7.00. The van der Waals surface area contributed by atoms with Gasteiger partial charge in [0.05, 0.1) is 0 Å². The van der Waals surface area contributed by atoms with E-state index in [1.165, 1.54) is 6.42 Å². The Bertz CT molecular complexity index is 199. The molecule has 2 aromatic rings. The number of rotatable bonds is 0. The van der Waals surface area contributed by atoms with Crippen LogP contribution in [0.15, 0.2) is 72.8 Å². The Morgan fingerprint density at radius 2 is 0.370 bits per heavy atom. The lowest BCUT2D eigenvalue weighted by Crippen LogP contribution is -1.47. The van der Waals surface area contributed by atoms with Gasteiger partial charge in [0.2, 0.25) is 0 Å². The molecule has 0 radical (unpaired) electrons. The molecule has 2 nitrogen and oxygen atoms in total. The van der Waals surface area contributed by atoms with Crippen molar-refractivity contribution in [1.82, 2.24) is 0 Å². The Morgan fingerprint density at radius 3 is 0.407 bits per heavy atom. The van der Waals surface area contributed by atoms with Crippen molar-refractivity contribution in [2.24, 2.45) is 0 Å². The molecule has 0 heterocycles. The van der Waals surface area contributed by atoms with Gasteiger partial charge in [0.1, 0.15) is 0 Å². The smallest absolute Gasteiger partial charge is 0.0319 e. The van der Waals surface area contributed by atoms with Crippen LogP contribution in [0.2, 0.25) is 0 Å². The van der Waals surface area contributed by atoms with Crippen LogP contribution in [0, 0.1) is 0 Å². The van der Waals surface area contributed by atoms with Crippen molar-refractivity contribution >= 4 is 0 Å². The Labute approximate surface area is 173 Å². The van der Waals surface area contributed by atoms with Gasteiger partial charge in [0.15, 0.2) is 0 Å². The summed E-state index contributed by atoms with van der Waals surface area (Å²) in [6.07, 6.45) is 1.25. The van der Waals surface area contributed by atoms with Crippen LogP contribution in [0.1, 0.15) is 75.7 Å². The van der Waals surface area contributed by atoms with E-state index in [9.17, 15) is 0 Å². The average Bonchev–Trinajstić information content (AvgIpc) is 2.85. The van der Waals surface area contributed by atoms with Crippen molar-refractivity contribution in [3.63, 3.8) is 0 Å². The Balaban J connectivity index is -0.0000000358. The maximum atomic E-state index is 7.00. The summed E-state index contributed by atoms with van der Waals surface area (Å²) in [7, 11) is 2.00. The second-order valence-corrected chi connectivity index (χ2v) is 3.02. The quantitative estimate of drug-likeness (QED) is 0.481.